The maximum Gasteiger partial charge on any atom is 0.333 e. The second-order valence-electron chi connectivity index (χ2n) is 8.54. The molecule has 0 bridgehead atoms. The van der Waals surface area contributed by atoms with E-state index in [0.29, 0.717) is 25.4 Å². The largest absolute Gasteiger partial charge is 0.457 e. The number of carbonyl (C=O) groups is 1. The molecule has 3 unspecified atom stereocenters. The third kappa shape index (κ3) is 19.1. The lowest BCUT2D eigenvalue weighted by molar-refractivity contribution is -0.148. The first-order chi connectivity index (χ1) is 14.4. The Labute approximate surface area is 185 Å². The number of carbonyl (C=O) groups excluding carboxylic acids is 1. The van der Waals surface area contributed by atoms with Gasteiger partial charge in [-0.3, -0.25) is 0 Å². The second kappa shape index (κ2) is 20.0. The van der Waals surface area contributed by atoms with E-state index in [1.807, 2.05) is 13.8 Å². The van der Waals surface area contributed by atoms with Gasteiger partial charge in [0.1, 0.15) is 6.10 Å². The van der Waals surface area contributed by atoms with Gasteiger partial charge < -0.3 is 18.9 Å². The molecule has 0 aromatic carbocycles. The Kier molecular flexibility index (Phi) is 19.4. The van der Waals surface area contributed by atoms with Crippen LogP contribution in [0.5, 0.6) is 0 Å². The predicted octanol–water partition coefficient (Wildman–Crippen LogP) is 6.24. The Morgan fingerprint density at radius 3 is 1.73 bits per heavy atom. The zero-order valence-electron chi connectivity index (χ0n) is 20.4. The monoisotopic (exact) mass is 428 g/mol. The molecule has 0 fully saturated rings. The van der Waals surface area contributed by atoms with Crippen LogP contribution in [0.25, 0.3) is 0 Å². The summed E-state index contributed by atoms with van der Waals surface area (Å²) in [6.45, 7) is 15.5. The zero-order chi connectivity index (χ0) is 22.6. The van der Waals surface area contributed by atoms with E-state index in [2.05, 4.69) is 13.5 Å². The van der Waals surface area contributed by atoms with Crippen LogP contribution in [0.1, 0.15) is 98.8 Å². The van der Waals surface area contributed by atoms with E-state index in [9.17, 15) is 4.79 Å². The van der Waals surface area contributed by atoms with Crippen molar-refractivity contribution >= 4 is 5.97 Å². The molecule has 5 nitrogen and oxygen atoms in total. The van der Waals surface area contributed by atoms with Gasteiger partial charge in [-0.1, -0.05) is 71.3 Å². The van der Waals surface area contributed by atoms with Crippen LogP contribution in [0, 0.1) is 0 Å². The SMILES string of the molecule is C=C(C)C(=O)OC(C)COC(C)COC(C)COCCCCCCCCCCCC. The van der Waals surface area contributed by atoms with Gasteiger partial charge in [-0.15, -0.1) is 0 Å². The van der Waals surface area contributed by atoms with Crippen molar-refractivity contribution in [1.82, 2.24) is 0 Å². The molecular formula is C25H48O5. The highest BCUT2D eigenvalue weighted by molar-refractivity contribution is 5.87. The predicted molar refractivity (Wildman–Crippen MR) is 124 cm³/mol. The number of ether oxygens (including phenoxy) is 4. The molecule has 3 atom stereocenters. The quantitative estimate of drug-likeness (QED) is 0.123. The van der Waals surface area contributed by atoms with Crippen LogP contribution < -0.4 is 0 Å². The van der Waals surface area contributed by atoms with Crippen molar-refractivity contribution in [2.75, 3.05) is 26.4 Å². The average Bonchev–Trinajstić information content (AvgIpc) is 2.71. The standard InChI is InChI=1S/C25H48O5/c1-7-8-9-10-11-12-13-14-15-16-17-27-18-22(4)28-19-23(5)29-20-24(6)30-25(26)21(2)3/h22-24H,2,7-20H2,1,3-6H3. The van der Waals surface area contributed by atoms with E-state index in [-0.39, 0.29) is 24.3 Å². The molecule has 0 amide bonds. The summed E-state index contributed by atoms with van der Waals surface area (Å²) >= 11 is 0. The molecule has 30 heavy (non-hydrogen) atoms. The van der Waals surface area contributed by atoms with Crippen LogP contribution in [0.4, 0.5) is 0 Å². The first-order valence-electron chi connectivity index (χ1n) is 12.0. The summed E-state index contributed by atoms with van der Waals surface area (Å²) in [4.78, 5) is 11.5. The van der Waals surface area contributed by atoms with Crippen LogP contribution >= 0.6 is 0 Å². The Morgan fingerprint density at radius 2 is 1.20 bits per heavy atom. The van der Waals surface area contributed by atoms with Crippen molar-refractivity contribution in [2.45, 2.75) is 117 Å². The summed E-state index contributed by atoms with van der Waals surface area (Å²) in [6.07, 6.45) is 13.0. The van der Waals surface area contributed by atoms with Crippen LogP contribution in [0.15, 0.2) is 12.2 Å². The van der Waals surface area contributed by atoms with Gasteiger partial charge in [-0.25, -0.2) is 4.79 Å². The zero-order valence-corrected chi connectivity index (χ0v) is 20.4. The molecule has 0 spiro atoms. The van der Waals surface area contributed by atoms with Gasteiger partial charge in [0.15, 0.2) is 0 Å². The van der Waals surface area contributed by atoms with E-state index in [1.54, 1.807) is 13.8 Å². The molecule has 0 aromatic rings. The summed E-state index contributed by atoms with van der Waals surface area (Å²) < 4.78 is 22.4. The van der Waals surface area contributed by atoms with E-state index in [0.717, 1.165) is 13.0 Å². The average molecular weight is 429 g/mol. The second-order valence-corrected chi connectivity index (χ2v) is 8.54. The maximum atomic E-state index is 11.5. The molecule has 0 N–H and O–H groups in total. The van der Waals surface area contributed by atoms with Gasteiger partial charge in [0, 0.05) is 12.2 Å². The van der Waals surface area contributed by atoms with Gasteiger partial charge in [0.05, 0.1) is 32.0 Å². The van der Waals surface area contributed by atoms with Gasteiger partial charge in [0.2, 0.25) is 0 Å². The smallest absolute Gasteiger partial charge is 0.333 e. The van der Waals surface area contributed by atoms with E-state index in [4.69, 9.17) is 18.9 Å². The number of unbranched alkanes of at least 4 members (excludes halogenated alkanes) is 9. The molecule has 0 saturated heterocycles. The van der Waals surface area contributed by atoms with Crippen LogP contribution in [0.2, 0.25) is 0 Å². The fourth-order valence-electron chi connectivity index (χ4n) is 2.95. The Balaban J connectivity index is 3.49. The van der Waals surface area contributed by atoms with Crippen LogP contribution in [0.3, 0.4) is 0 Å². The van der Waals surface area contributed by atoms with Gasteiger partial charge in [0.25, 0.3) is 0 Å². The third-order valence-corrected chi connectivity index (χ3v) is 4.88. The van der Waals surface area contributed by atoms with Crippen LogP contribution in [-0.4, -0.2) is 50.7 Å². The van der Waals surface area contributed by atoms with Gasteiger partial charge >= 0.3 is 5.97 Å². The van der Waals surface area contributed by atoms with E-state index >= 15 is 0 Å². The van der Waals surface area contributed by atoms with Crippen molar-refractivity contribution in [3.05, 3.63) is 12.2 Å². The lowest BCUT2D eigenvalue weighted by Crippen LogP contribution is -2.27. The minimum atomic E-state index is -0.386. The summed E-state index contributed by atoms with van der Waals surface area (Å²) in [5, 5.41) is 0. The highest BCUT2D eigenvalue weighted by Crippen LogP contribution is 2.10. The Bertz CT molecular complexity index is 424. The summed E-state index contributed by atoms with van der Waals surface area (Å²) in [5.41, 5.74) is 0.393. The first-order valence-corrected chi connectivity index (χ1v) is 12.0. The molecule has 178 valence electrons. The van der Waals surface area contributed by atoms with Crippen molar-refractivity contribution < 1.29 is 23.7 Å². The minimum absolute atomic E-state index is 0.0397. The van der Waals surface area contributed by atoms with Gasteiger partial charge in [-0.2, -0.15) is 0 Å². The highest BCUT2D eigenvalue weighted by Gasteiger charge is 2.13. The lowest BCUT2D eigenvalue weighted by Gasteiger charge is -2.20. The van der Waals surface area contributed by atoms with Crippen LogP contribution in [-0.2, 0) is 23.7 Å². The van der Waals surface area contributed by atoms with Crippen molar-refractivity contribution in [3.8, 4) is 0 Å². The summed E-state index contributed by atoms with van der Waals surface area (Å²) in [6, 6.07) is 0. The van der Waals surface area contributed by atoms with Crippen molar-refractivity contribution in [1.29, 1.82) is 0 Å². The molecule has 0 saturated carbocycles. The maximum absolute atomic E-state index is 11.5. The fourth-order valence-corrected chi connectivity index (χ4v) is 2.95. The lowest BCUT2D eigenvalue weighted by atomic mass is 10.1. The normalized spacial score (nSPS) is 14.3. The number of rotatable bonds is 21. The molecular weight excluding hydrogens is 380 g/mol. The molecule has 0 heterocycles. The molecule has 5 heteroatoms. The summed E-state index contributed by atoms with van der Waals surface area (Å²) in [5.74, 6) is -0.386. The molecule has 0 aromatic heterocycles. The topological polar surface area (TPSA) is 54.0 Å². The molecule has 0 aliphatic carbocycles. The Morgan fingerprint density at radius 1 is 0.733 bits per heavy atom. The molecule has 0 radical (unpaired) electrons. The fraction of sp³-hybridized carbons (Fsp3) is 0.880. The molecule has 0 aliphatic heterocycles. The van der Waals surface area contributed by atoms with E-state index in [1.165, 1.54) is 57.8 Å². The molecule has 0 rings (SSSR count). The molecule has 0 aliphatic rings. The van der Waals surface area contributed by atoms with E-state index < -0.39 is 0 Å². The third-order valence-electron chi connectivity index (χ3n) is 4.88. The van der Waals surface area contributed by atoms with Crippen molar-refractivity contribution in [3.63, 3.8) is 0 Å². The number of hydrogen-bond donors (Lipinski definition) is 0. The van der Waals surface area contributed by atoms with Crippen molar-refractivity contribution in [2.24, 2.45) is 0 Å². The highest BCUT2D eigenvalue weighted by atomic mass is 16.6. The first kappa shape index (κ1) is 29.1. The number of hydrogen-bond acceptors (Lipinski definition) is 5. The summed E-state index contributed by atoms with van der Waals surface area (Å²) in [7, 11) is 0. The Hall–Kier alpha value is -0.910. The number of esters is 1. The minimum Gasteiger partial charge on any atom is -0.457 e. The van der Waals surface area contributed by atoms with Gasteiger partial charge in [-0.05, 0) is 34.1 Å².